The summed E-state index contributed by atoms with van der Waals surface area (Å²) >= 11 is 0. The van der Waals surface area contributed by atoms with Crippen LogP contribution in [0.15, 0.2) is 41.6 Å². The number of hydrogen-bond acceptors (Lipinski definition) is 4. The highest BCUT2D eigenvalue weighted by Gasteiger charge is 2.25. The fraction of sp³-hybridized carbons (Fsp3) is 0.357. The third-order valence-electron chi connectivity index (χ3n) is 3.16. The van der Waals surface area contributed by atoms with E-state index in [1.54, 1.807) is 19.2 Å². The smallest absolute Gasteiger partial charge is 0.267 e. The Bertz CT molecular complexity index is 692. The number of nitrogens with zero attached hydrogens (tertiary/aromatic N) is 3. The molecule has 2 N–H and O–H groups in total. The van der Waals surface area contributed by atoms with E-state index in [1.165, 1.54) is 21.4 Å². The lowest BCUT2D eigenvalue weighted by atomic mass is 10.2. The number of aromatic nitrogens is 2. The summed E-state index contributed by atoms with van der Waals surface area (Å²) in [6, 6.07) is 7.40. The Morgan fingerprint density at radius 1 is 1.29 bits per heavy atom. The molecular formula is C14H20N4O2S. The summed E-state index contributed by atoms with van der Waals surface area (Å²) in [5, 5.41) is 3.94. The molecule has 6 nitrogen and oxygen atoms in total. The molecule has 0 unspecified atom stereocenters. The minimum atomic E-state index is -3.62. The molecule has 0 saturated heterocycles. The lowest BCUT2D eigenvalue weighted by Crippen LogP contribution is -2.32. The standard InChI is InChI=1S/C14H20N4O2S/c1-12-4-6-13(7-5-12)18(9-3-8-15)21(19,20)14-10-16-17(2)11-14/h4-7,10-11H,3,8-9,15H2,1-2H3. The Balaban J connectivity index is 2.42. The fourth-order valence-corrected chi connectivity index (χ4v) is 3.48. The van der Waals surface area contributed by atoms with Gasteiger partial charge in [-0.2, -0.15) is 5.10 Å². The Kier molecular flexibility index (Phi) is 4.64. The summed E-state index contributed by atoms with van der Waals surface area (Å²) in [4.78, 5) is 0.183. The van der Waals surface area contributed by atoms with Crippen LogP contribution in [-0.2, 0) is 17.1 Å². The molecular weight excluding hydrogens is 288 g/mol. The maximum atomic E-state index is 12.8. The van der Waals surface area contributed by atoms with Crippen LogP contribution in [-0.4, -0.2) is 31.3 Å². The van der Waals surface area contributed by atoms with Gasteiger partial charge in [-0.15, -0.1) is 0 Å². The summed E-state index contributed by atoms with van der Waals surface area (Å²) in [5.41, 5.74) is 7.24. The Morgan fingerprint density at radius 3 is 2.48 bits per heavy atom. The van der Waals surface area contributed by atoms with Crippen molar-refractivity contribution in [1.29, 1.82) is 0 Å². The zero-order chi connectivity index (χ0) is 15.5. The molecule has 2 aromatic rings. The van der Waals surface area contributed by atoms with E-state index < -0.39 is 10.0 Å². The van der Waals surface area contributed by atoms with Crippen molar-refractivity contribution in [3.63, 3.8) is 0 Å². The molecule has 0 fully saturated rings. The SMILES string of the molecule is Cc1ccc(N(CCCN)S(=O)(=O)c2cnn(C)c2)cc1. The second kappa shape index (κ2) is 6.28. The zero-order valence-electron chi connectivity index (χ0n) is 12.2. The van der Waals surface area contributed by atoms with E-state index in [9.17, 15) is 8.42 Å². The summed E-state index contributed by atoms with van der Waals surface area (Å²) in [6.45, 7) is 2.74. The van der Waals surface area contributed by atoms with E-state index in [2.05, 4.69) is 5.10 Å². The molecule has 21 heavy (non-hydrogen) atoms. The van der Waals surface area contributed by atoms with E-state index in [-0.39, 0.29) is 4.90 Å². The molecule has 0 aliphatic heterocycles. The minimum Gasteiger partial charge on any atom is -0.330 e. The summed E-state index contributed by atoms with van der Waals surface area (Å²) in [7, 11) is -1.93. The highest BCUT2D eigenvalue weighted by Crippen LogP contribution is 2.23. The van der Waals surface area contributed by atoms with Crippen molar-refractivity contribution in [2.75, 3.05) is 17.4 Å². The third-order valence-corrected chi connectivity index (χ3v) is 4.94. The van der Waals surface area contributed by atoms with Crippen molar-refractivity contribution in [2.45, 2.75) is 18.2 Å². The van der Waals surface area contributed by atoms with Gasteiger partial charge in [-0.05, 0) is 32.0 Å². The van der Waals surface area contributed by atoms with Crippen LogP contribution in [0.2, 0.25) is 0 Å². The quantitative estimate of drug-likeness (QED) is 0.871. The average Bonchev–Trinajstić information content (AvgIpc) is 2.88. The maximum Gasteiger partial charge on any atom is 0.267 e. The molecule has 0 saturated carbocycles. The molecule has 7 heteroatoms. The van der Waals surface area contributed by atoms with Crippen LogP contribution in [0.5, 0.6) is 0 Å². The van der Waals surface area contributed by atoms with E-state index in [0.717, 1.165) is 5.56 Å². The minimum absolute atomic E-state index is 0.183. The van der Waals surface area contributed by atoms with Crippen LogP contribution in [0.25, 0.3) is 0 Å². The summed E-state index contributed by atoms with van der Waals surface area (Å²) in [5.74, 6) is 0. The molecule has 1 aromatic carbocycles. The largest absolute Gasteiger partial charge is 0.330 e. The molecule has 0 bridgehead atoms. The summed E-state index contributed by atoms with van der Waals surface area (Å²) in [6.07, 6.45) is 3.45. The van der Waals surface area contributed by atoms with Gasteiger partial charge in [0.05, 0.1) is 11.9 Å². The van der Waals surface area contributed by atoms with Crippen molar-refractivity contribution in [2.24, 2.45) is 12.8 Å². The van der Waals surface area contributed by atoms with Gasteiger partial charge in [-0.3, -0.25) is 8.99 Å². The molecule has 0 aliphatic rings. The van der Waals surface area contributed by atoms with Crippen molar-refractivity contribution < 1.29 is 8.42 Å². The first-order chi connectivity index (χ1) is 9.95. The molecule has 0 atom stereocenters. The van der Waals surface area contributed by atoms with Crippen LogP contribution in [0.1, 0.15) is 12.0 Å². The van der Waals surface area contributed by atoms with Crippen LogP contribution < -0.4 is 10.0 Å². The number of benzene rings is 1. The number of aryl methyl sites for hydroxylation is 2. The van der Waals surface area contributed by atoms with Gasteiger partial charge in [0.15, 0.2) is 0 Å². The normalized spacial score (nSPS) is 11.6. The van der Waals surface area contributed by atoms with E-state index in [1.807, 2.05) is 19.1 Å². The zero-order valence-corrected chi connectivity index (χ0v) is 13.0. The van der Waals surface area contributed by atoms with Gasteiger partial charge < -0.3 is 5.73 Å². The molecule has 0 spiro atoms. The van der Waals surface area contributed by atoms with Gasteiger partial charge in [-0.1, -0.05) is 17.7 Å². The molecule has 1 heterocycles. The Labute approximate surface area is 125 Å². The molecule has 0 amide bonds. The predicted molar refractivity (Wildman–Crippen MR) is 82.6 cm³/mol. The van der Waals surface area contributed by atoms with Gasteiger partial charge in [0, 0.05) is 19.8 Å². The first-order valence-electron chi connectivity index (χ1n) is 6.73. The second-order valence-electron chi connectivity index (χ2n) is 4.90. The first-order valence-corrected chi connectivity index (χ1v) is 8.17. The van der Waals surface area contributed by atoms with E-state index >= 15 is 0 Å². The van der Waals surface area contributed by atoms with Crippen molar-refractivity contribution in [3.8, 4) is 0 Å². The highest BCUT2D eigenvalue weighted by molar-refractivity contribution is 7.92. The van der Waals surface area contributed by atoms with Crippen LogP contribution in [0.4, 0.5) is 5.69 Å². The third kappa shape index (κ3) is 3.43. The van der Waals surface area contributed by atoms with Crippen molar-refractivity contribution in [1.82, 2.24) is 9.78 Å². The fourth-order valence-electron chi connectivity index (χ4n) is 1.99. The Hall–Kier alpha value is -1.86. The van der Waals surface area contributed by atoms with Gasteiger partial charge >= 0.3 is 0 Å². The van der Waals surface area contributed by atoms with E-state index in [4.69, 9.17) is 5.73 Å². The maximum absolute atomic E-state index is 12.8. The lowest BCUT2D eigenvalue weighted by molar-refractivity contribution is 0.589. The Morgan fingerprint density at radius 2 is 1.95 bits per heavy atom. The number of anilines is 1. The van der Waals surface area contributed by atoms with Crippen LogP contribution in [0.3, 0.4) is 0 Å². The summed E-state index contributed by atoms with van der Waals surface area (Å²) < 4.78 is 28.4. The van der Waals surface area contributed by atoms with Crippen molar-refractivity contribution >= 4 is 15.7 Å². The van der Waals surface area contributed by atoms with Gasteiger partial charge in [-0.25, -0.2) is 8.42 Å². The van der Waals surface area contributed by atoms with Crippen LogP contribution in [0, 0.1) is 6.92 Å². The predicted octanol–water partition coefficient (Wildman–Crippen LogP) is 1.27. The molecule has 1 aromatic heterocycles. The topological polar surface area (TPSA) is 81.2 Å². The number of rotatable bonds is 6. The monoisotopic (exact) mass is 308 g/mol. The van der Waals surface area contributed by atoms with Crippen LogP contribution >= 0.6 is 0 Å². The van der Waals surface area contributed by atoms with Gasteiger partial charge in [0.25, 0.3) is 10.0 Å². The number of sulfonamides is 1. The molecule has 0 aliphatic carbocycles. The van der Waals surface area contributed by atoms with Gasteiger partial charge in [0.1, 0.15) is 4.90 Å². The average molecular weight is 308 g/mol. The lowest BCUT2D eigenvalue weighted by Gasteiger charge is -2.23. The molecule has 114 valence electrons. The van der Waals surface area contributed by atoms with Gasteiger partial charge in [0.2, 0.25) is 0 Å². The highest BCUT2D eigenvalue weighted by atomic mass is 32.2. The number of hydrogen-bond donors (Lipinski definition) is 1. The number of nitrogens with two attached hydrogens (primary N) is 1. The molecule has 2 rings (SSSR count). The van der Waals surface area contributed by atoms with E-state index in [0.29, 0.717) is 25.2 Å². The first kappa shape index (κ1) is 15.5. The second-order valence-corrected chi connectivity index (χ2v) is 6.77. The molecule has 0 radical (unpaired) electrons. The van der Waals surface area contributed by atoms with Crippen molar-refractivity contribution in [3.05, 3.63) is 42.2 Å².